The summed E-state index contributed by atoms with van der Waals surface area (Å²) in [5, 5.41) is 0. The molecule has 3 nitrogen and oxygen atoms in total. The molecule has 2 aliphatic heterocycles. The van der Waals surface area contributed by atoms with Crippen LogP contribution in [0.5, 0.6) is 0 Å². The molecule has 0 bridgehead atoms. The molecule has 1 atom stereocenters. The Balaban J connectivity index is 1.76. The first kappa shape index (κ1) is 15.3. The van der Waals surface area contributed by atoms with Crippen LogP contribution in [-0.2, 0) is 0 Å². The first-order chi connectivity index (χ1) is 8.99. The predicted molar refractivity (Wildman–Crippen MR) is 82.3 cm³/mol. The standard InChI is InChI=1S/C16H33N3/c1-14(17)16(2,3)13-18-11-7-15(8-12-18)19-9-5-4-6-10-19/h14-15H,4-13,17H2,1-3H3. The topological polar surface area (TPSA) is 32.5 Å². The predicted octanol–water partition coefficient (Wildman–Crippen LogP) is 2.31. The van der Waals surface area contributed by atoms with Gasteiger partial charge in [0.2, 0.25) is 0 Å². The maximum atomic E-state index is 6.10. The molecule has 112 valence electrons. The zero-order valence-corrected chi connectivity index (χ0v) is 13.2. The lowest BCUT2D eigenvalue weighted by molar-refractivity contribution is 0.0696. The van der Waals surface area contributed by atoms with Crippen LogP contribution >= 0.6 is 0 Å². The molecule has 1 unspecified atom stereocenters. The summed E-state index contributed by atoms with van der Waals surface area (Å²) >= 11 is 0. The van der Waals surface area contributed by atoms with Crippen LogP contribution in [0.4, 0.5) is 0 Å². The van der Waals surface area contributed by atoms with Gasteiger partial charge in [-0.2, -0.15) is 0 Å². The highest BCUT2D eigenvalue weighted by Gasteiger charge is 2.30. The van der Waals surface area contributed by atoms with Crippen LogP contribution in [0.2, 0.25) is 0 Å². The normalized spacial score (nSPS) is 26.5. The molecule has 0 radical (unpaired) electrons. The number of hydrogen-bond donors (Lipinski definition) is 1. The number of nitrogens with two attached hydrogens (primary N) is 1. The average Bonchev–Trinajstić information content (AvgIpc) is 2.40. The lowest BCUT2D eigenvalue weighted by Gasteiger charge is -2.43. The lowest BCUT2D eigenvalue weighted by Crippen LogP contribution is -2.50. The summed E-state index contributed by atoms with van der Waals surface area (Å²) in [4.78, 5) is 5.38. The third-order valence-corrected chi connectivity index (χ3v) is 5.33. The van der Waals surface area contributed by atoms with Crippen molar-refractivity contribution in [3.8, 4) is 0 Å². The van der Waals surface area contributed by atoms with Gasteiger partial charge >= 0.3 is 0 Å². The maximum Gasteiger partial charge on any atom is 0.0120 e. The highest BCUT2D eigenvalue weighted by molar-refractivity contribution is 4.86. The SMILES string of the molecule is CC(N)C(C)(C)CN1CCC(N2CCCCC2)CC1. The van der Waals surface area contributed by atoms with Crippen molar-refractivity contribution in [1.29, 1.82) is 0 Å². The molecule has 2 fully saturated rings. The van der Waals surface area contributed by atoms with Crippen LogP contribution in [0.3, 0.4) is 0 Å². The van der Waals surface area contributed by atoms with E-state index in [1.165, 1.54) is 58.3 Å². The van der Waals surface area contributed by atoms with Crippen LogP contribution in [0.15, 0.2) is 0 Å². The molecule has 0 aromatic carbocycles. The van der Waals surface area contributed by atoms with Gasteiger partial charge in [-0.25, -0.2) is 0 Å². The third-order valence-electron chi connectivity index (χ3n) is 5.33. The second-order valence-electron chi connectivity index (χ2n) is 7.38. The van der Waals surface area contributed by atoms with Crippen molar-refractivity contribution >= 4 is 0 Å². The minimum Gasteiger partial charge on any atom is -0.327 e. The summed E-state index contributed by atoms with van der Waals surface area (Å²) < 4.78 is 0. The molecule has 0 spiro atoms. The van der Waals surface area contributed by atoms with Gasteiger partial charge in [-0.3, -0.25) is 0 Å². The molecule has 0 saturated carbocycles. The molecule has 2 rings (SSSR count). The van der Waals surface area contributed by atoms with Crippen molar-refractivity contribution in [2.45, 2.75) is 65.0 Å². The molecular formula is C16H33N3. The zero-order valence-electron chi connectivity index (χ0n) is 13.2. The third kappa shape index (κ3) is 4.17. The van der Waals surface area contributed by atoms with Crippen LogP contribution in [0.1, 0.15) is 52.9 Å². The molecule has 0 aromatic rings. The summed E-state index contributed by atoms with van der Waals surface area (Å²) in [5.41, 5.74) is 6.33. The summed E-state index contributed by atoms with van der Waals surface area (Å²) in [5.74, 6) is 0. The second-order valence-corrected chi connectivity index (χ2v) is 7.38. The molecule has 2 heterocycles. The number of hydrogen-bond acceptors (Lipinski definition) is 3. The van der Waals surface area contributed by atoms with Gasteiger partial charge in [0.15, 0.2) is 0 Å². The van der Waals surface area contributed by atoms with Crippen molar-refractivity contribution in [3.63, 3.8) is 0 Å². The first-order valence-electron chi connectivity index (χ1n) is 8.21. The van der Waals surface area contributed by atoms with Gasteiger partial charge in [0.1, 0.15) is 0 Å². The molecular weight excluding hydrogens is 234 g/mol. The Kier molecular flexibility index (Phi) is 5.27. The van der Waals surface area contributed by atoms with Crippen molar-refractivity contribution in [2.24, 2.45) is 11.1 Å². The largest absolute Gasteiger partial charge is 0.327 e. The summed E-state index contributed by atoms with van der Waals surface area (Å²) in [6, 6.07) is 1.13. The minimum absolute atomic E-state index is 0.234. The van der Waals surface area contributed by atoms with Gasteiger partial charge in [0, 0.05) is 18.6 Å². The van der Waals surface area contributed by atoms with Gasteiger partial charge in [-0.05, 0) is 64.2 Å². The first-order valence-corrected chi connectivity index (χ1v) is 8.21. The average molecular weight is 267 g/mol. The van der Waals surface area contributed by atoms with Crippen LogP contribution in [0, 0.1) is 5.41 Å². The molecule has 2 saturated heterocycles. The Labute approximate surface area is 119 Å². The fourth-order valence-corrected chi connectivity index (χ4v) is 3.45. The molecule has 0 aromatic heterocycles. The van der Waals surface area contributed by atoms with E-state index < -0.39 is 0 Å². The van der Waals surface area contributed by atoms with Gasteiger partial charge < -0.3 is 15.5 Å². The Morgan fingerprint density at radius 1 is 1.05 bits per heavy atom. The van der Waals surface area contributed by atoms with Crippen molar-refractivity contribution < 1.29 is 0 Å². The number of rotatable bonds is 4. The Morgan fingerprint density at radius 3 is 2.16 bits per heavy atom. The highest BCUT2D eigenvalue weighted by atomic mass is 15.2. The van der Waals surface area contributed by atoms with Crippen molar-refractivity contribution in [1.82, 2.24) is 9.80 Å². The van der Waals surface area contributed by atoms with Crippen LogP contribution < -0.4 is 5.73 Å². The number of likely N-dealkylation sites (tertiary alicyclic amines) is 2. The molecule has 0 amide bonds. The van der Waals surface area contributed by atoms with E-state index in [0.717, 1.165) is 12.6 Å². The van der Waals surface area contributed by atoms with E-state index in [1.54, 1.807) is 0 Å². The quantitative estimate of drug-likeness (QED) is 0.848. The highest BCUT2D eigenvalue weighted by Crippen LogP contribution is 2.25. The van der Waals surface area contributed by atoms with E-state index in [1.807, 2.05) is 0 Å². The van der Waals surface area contributed by atoms with Crippen LogP contribution in [-0.4, -0.2) is 54.6 Å². The molecule has 3 heteroatoms. The summed E-state index contributed by atoms with van der Waals surface area (Å²) in [6.07, 6.45) is 6.98. The Morgan fingerprint density at radius 2 is 1.63 bits per heavy atom. The Bertz CT molecular complexity index is 261. The van der Waals surface area contributed by atoms with Crippen LogP contribution in [0.25, 0.3) is 0 Å². The lowest BCUT2D eigenvalue weighted by atomic mass is 9.84. The van der Waals surface area contributed by atoms with E-state index >= 15 is 0 Å². The van der Waals surface area contributed by atoms with E-state index in [-0.39, 0.29) is 11.5 Å². The molecule has 19 heavy (non-hydrogen) atoms. The Hall–Kier alpha value is -0.120. The van der Waals surface area contributed by atoms with E-state index in [0.29, 0.717) is 0 Å². The summed E-state index contributed by atoms with van der Waals surface area (Å²) in [6.45, 7) is 13.1. The van der Waals surface area contributed by atoms with E-state index in [9.17, 15) is 0 Å². The fraction of sp³-hybridized carbons (Fsp3) is 1.00. The van der Waals surface area contributed by atoms with Gasteiger partial charge in [0.05, 0.1) is 0 Å². The van der Waals surface area contributed by atoms with Gasteiger partial charge in [-0.15, -0.1) is 0 Å². The zero-order chi connectivity index (χ0) is 13.9. The number of piperidine rings is 2. The minimum atomic E-state index is 0.234. The van der Waals surface area contributed by atoms with Crippen molar-refractivity contribution in [3.05, 3.63) is 0 Å². The van der Waals surface area contributed by atoms with E-state index in [4.69, 9.17) is 5.73 Å². The maximum absolute atomic E-state index is 6.10. The summed E-state index contributed by atoms with van der Waals surface area (Å²) in [7, 11) is 0. The second kappa shape index (κ2) is 6.55. The fourth-order valence-electron chi connectivity index (χ4n) is 3.45. The van der Waals surface area contributed by atoms with Crippen molar-refractivity contribution in [2.75, 3.05) is 32.7 Å². The number of nitrogens with zero attached hydrogens (tertiary/aromatic N) is 2. The smallest absolute Gasteiger partial charge is 0.0120 e. The molecule has 2 N–H and O–H groups in total. The molecule has 0 aliphatic carbocycles. The van der Waals surface area contributed by atoms with Gasteiger partial charge in [-0.1, -0.05) is 20.3 Å². The monoisotopic (exact) mass is 267 g/mol. The van der Waals surface area contributed by atoms with Gasteiger partial charge in [0.25, 0.3) is 0 Å². The van der Waals surface area contributed by atoms with E-state index in [2.05, 4.69) is 30.6 Å². The molecule has 2 aliphatic rings.